The summed E-state index contributed by atoms with van der Waals surface area (Å²) in [7, 11) is 1.53. The van der Waals surface area contributed by atoms with Crippen molar-refractivity contribution in [1.29, 1.82) is 0 Å². The molecule has 3 aromatic heterocycles. The van der Waals surface area contributed by atoms with E-state index in [4.69, 9.17) is 18.9 Å². The average Bonchev–Trinajstić information content (AvgIpc) is 3.38. The van der Waals surface area contributed by atoms with Crippen molar-refractivity contribution in [2.24, 2.45) is 0 Å². The summed E-state index contributed by atoms with van der Waals surface area (Å²) in [6.07, 6.45) is 2.74. The van der Waals surface area contributed by atoms with Crippen molar-refractivity contribution in [3.05, 3.63) is 109 Å². The molecule has 0 bridgehead atoms. The van der Waals surface area contributed by atoms with Crippen LogP contribution in [0.15, 0.2) is 74.2 Å². The first-order chi connectivity index (χ1) is 22.0. The van der Waals surface area contributed by atoms with E-state index >= 15 is 0 Å². The summed E-state index contributed by atoms with van der Waals surface area (Å²) >= 11 is 0. The van der Waals surface area contributed by atoms with E-state index in [1.165, 1.54) is 19.2 Å². The molecule has 0 saturated carbocycles. The van der Waals surface area contributed by atoms with Crippen molar-refractivity contribution in [3.63, 3.8) is 0 Å². The number of rotatable bonds is 4. The van der Waals surface area contributed by atoms with E-state index in [0.29, 0.717) is 46.9 Å². The maximum Gasteiger partial charge on any atom is 0.343 e. The third-order valence-electron chi connectivity index (χ3n) is 8.52. The Balaban J connectivity index is 0.000000168. The van der Waals surface area contributed by atoms with Crippen molar-refractivity contribution in [2.75, 3.05) is 7.11 Å². The lowest BCUT2D eigenvalue weighted by Gasteiger charge is -2.31. The molecule has 1 unspecified atom stereocenters. The van der Waals surface area contributed by atoms with Crippen molar-refractivity contribution < 1.29 is 28.9 Å². The smallest absolute Gasteiger partial charge is 0.343 e. The molecule has 46 heavy (non-hydrogen) atoms. The molecule has 1 atom stereocenters. The Morgan fingerprint density at radius 3 is 2.61 bits per heavy atom. The Hall–Kier alpha value is -5.22. The minimum absolute atomic E-state index is 0.110. The first-order valence-electron chi connectivity index (χ1n) is 15.0. The summed E-state index contributed by atoms with van der Waals surface area (Å²) in [5.74, 6) is 0.197. The summed E-state index contributed by atoms with van der Waals surface area (Å²) in [4.78, 5) is 41.9. The number of aromatic nitrogens is 2. The molecular weight excluding hydrogens is 588 g/mol. The molecule has 5 heterocycles. The molecule has 0 fully saturated rings. The second kappa shape index (κ2) is 11.6. The summed E-state index contributed by atoms with van der Waals surface area (Å²) in [6.45, 7) is 7.71. The predicted molar refractivity (Wildman–Crippen MR) is 173 cm³/mol. The lowest BCUT2D eigenvalue weighted by atomic mass is 9.86. The Kier molecular flexibility index (Phi) is 7.77. The molecule has 5 aromatic rings. The topological polar surface area (TPSA) is 141 Å². The van der Waals surface area contributed by atoms with Gasteiger partial charge in [-0.05, 0) is 51.8 Å². The number of para-hydroxylation sites is 1. The van der Waals surface area contributed by atoms with Crippen LogP contribution in [0.25, 0.3) is 33.3 Å². The number of hydrogen-bond donors (Lipinski definition) is 2. The lowest BCUT2D eigenvalue weighted by molar-refractivity contribution is -0.172. The third kappa shape index (κ3) is 5.04. The van der Waals surface area contributed by atoms with Crippen molar-refractivity contribution >= 4 is 27.8 Å². The van der Waals surface area contributed by atoms with Crippen molar-refractivity contribution in [2.45, 2.75) is 59.3 Å². The second-order valence-electron chi connectivity index (χ2n) is 11.8. The van der Waals surface area contributed by atoms with E-state index < -0.39 is 11.6 Å². The molecule has 0 aliphatic carbocycles. The fourth-order valence-corrected chi connectivity index (χ4v) is 6.07. The van der Waals surface area contributed by atoms with Crippen LogP contribution in [0.2, 0.25) is 0 Å². The number of nitrogens with zero attached hydrogens (tertiary/aromatic N) is 2. The van der Waals surface area contributed by atoms with Crippen LogP contribution in [-0.2, 0) is 34.7 Å². The van der Waals surface area contributed by atoms with Crippen LogP contribution in [0.5, 0.6) is 11.5 Å². The number of phenols is 1. The number of ether oxygens (including phenoxy) is 2. The van der Waals surface area contributed by atoms with Gasteiger partial charge in [-0.15, -0.1) is 0 Å². The van der Waals surface area contributed by atoms with Gasteiger partial charge in [-0.1, -0.05) is 36.8 Å². The molecular formula is C36H34N2O8. The molecule has 2 aromatic carbocycles. The molecule has 7 rings (SSSR count). The molecule has 2 aliphatic heterocycles. The molecule has 2 N–H and O–H groups in total. The summed E-state index contributed by atoms with van der Waals surface area (Å²) in [6, 6.07) is 14.4. The van der Waals surface area contributed by atoms with Crippen LogP contribution in [0.4, 0.5) is 0 Å². The number of benzene rings is 2. The summed E-state index contributed by atoms with van der Waals surface area (Å²) in [5, 5.41) is 22.1. The number of esters is 1. The van der Waals surface area contributed by atoms with Gasteiger partial charge in [0.05, 0.1) is 36.1 Å². The van der Waals surface area contributed by atoms with Gasteiger partial charge >= 0.3 is 5.97 Å². The van der Waals surface area contributed by atoms with E-state index in [1.807, 2.05) is 50.3 Å². The van der Waals surface area contributed by atoms with Crippen LogP contribution >= 0.6 is 0 Å². The molecule has 0 spiro atoms. The first kappa shape index (κ1) is 30.8. The zero-order valence-electron chi connectivity index (χ0n) is 26.3. The minimum atomic E-state index is -1.79. The number of fused-ring (bicyclic) bond motifs is 6. The fourth-order valence-electron chi connectivity index (χ4n) is 6.07. The zero-order valence-corrected chi connectivity index (χ0v) is 26.3. The van der Waals surface area contributed by atoms with Gasteiger partial charge in [0.15, 0.2) is 11.0 Å². The van der Waals surface area contributed by atoms with Crippen molar-refractivity contribution in [1.82, 2.24) is 9.55 Å². The number of allylic oxidation sites excluding steroid dienone is 2. The van der Waals surface area contributed by atoms with E-state index in [9.17, 15) is 24.6 Å². The van der Waals surface area contributed by atoms with Crippen LogP contribution in [0.1, 0.15) is 55.2 Å². The number of aliphatic hydroxyl groups is 1. The van der Waals surface area contributed by atoms with Crippen LogP contribution in [-0.4, -0.2) is 32.8 Å². The highest BCUT2D eigenvalue weighted by Crippen LogP contribution is 2.39. The Labute approximate surface area is 264 Å². The summed E-state index contributed by atoms with van der Waals surface area (Å²) in [5.41, 5.74) is 3.88. The molecule has 10 nitrogen and oxygen atoms in total. The average molecular weight is 623 g/mol. The van der Waals surface area contributed by atoms with Gasteiger partial charge in [0.25, 0.3) is 5.56 Å². The number of phenolic OH excluding ortho intramolecular Hbond substituents is 1. The summed E-state index contributed by atoms with van der Waals surface area (Å²) < 4.78 is 17.7. The fraction of sp³-hybridized carbons (Fsp3) is 0.278. The Morgan fingerprint density at radius 1 is 1.13 bits per heavy atom. The Bertz CT molecular complexity index is 2210. The number of hydrogen-bond acceptors (Lipinski definition) is 9. The number of cyclic esters (lactones) is 1. The normalized spacial score (nSPS) is 16.2. The second-order valence-corrected chi connectivity index (χ2v) is 11.8. The highest BCUT2D eigenvalue weighted by atomic mass is 16.6. The Morgan fingerprint density at radius 2 is 1.89 bits per heavy atom. The molecule has 0 radical (unpaired) electrons. The number of aryl methyl sites for hydroxylation is 1. The van der Waals surface area contributed by atoms with Crippen LogP contribution in [0.3, 0.4) is 0 Å². The monoisotopic (exact) mass is 622 g/mol. The van der Waals surface area contributed by atoms with E-state index in [2.05, 4.69) is 0 Å². The van der Waals surface area contributed by atoms with Crippen LogP contribution < -0.4 is 15.7 Å². The van der Waals surface area contributed by atoms with Gasteiger partial charge < -0.3 is 28.7 Å². The molecule has 0 saturated heterocycles. The number of carbonyl (C=O) groups excluding carboxylic acids is 1. The highest BCUT2D eigenvalue weighted by Gasteiger charge is 2.45. The number of aromatic hydroxyl groups is 1. The van der Waals surface area contributed by atoms with Crippen LogP contribution in [0, 0.1) is 6.92 Å². The SMILES string of the molecule is CCC1(O)C(=O)OCc2c1cc1n(c2=O)Cc2cc3ccccc3nc2-1.COc1cc(O)c2c(=O)cc(C)oc2c1CC=C(C)C. The van der Waals surface area contributed by atoms with Gasteiger partial charge in [-0.2, -0.15) is 0 Å². The zero-order chi connectivity index (χ0) is 32.9. The van der Waals surface area contributed by atoms with E-state index in [0.717, 1.165) is 33.3 Å². The molecule has 2 aliphatic rings. The van der Waals surface area contributed by atoms with Gasteiger partial charge in [0.1, 0.15) is 34.8 Å². The quantitative estimate of drug-likeness (QED) is 0.195. The maximum atomic E-state index is 13.0. The number of carbonyl (C=O) groups is 1. The van der Waals surface area contributed by atoms with Gasteiger partial charge in [0, 0.05) is 34.2 Å². The molecule has 10 heteroatoms. The van der Waals surface area contributed by atoms with E-state index in [-0.39, 0.29) is 35.2 Å². The largest absolute Gasteiger partial charge is 0.507 e. The minimum Gasteiger partial charge on any atom is -0.507 e. The number of methoxy groups -OCH3 is 1. The third-order valence-corrected chi connectivity index (χ3v) is 8.52. The first-order valence-corrected chi connectivity index (χ1v) is 15.0. The van der Waals surface area contributed by atoms with Gasteiger partial charge in [-0.25, -0.2) is 9.78 Å². The number of pyridine rings is 2. The maximum absolute atomic E-state index is 13.0. The molecule has 236 valence electrons. The van der Waals surface area contributed by atoms with Gasteiger partial charge in [-0.3, -0.25) is 9.59 Å². The van der Waals surface area contributed by atoms with E-state index in [1.54, 1.807) is 24.5 Å². The van der Waals surface area contributed by atoms with Crippen molar-refractivity contribution in [3.8, 4) is 22.9 Å². The standard InChI is InChI=1S/C20H16N2O4.C16H18O4/c1-2-20(25)14-8-16-17-12(7-11-5-3-4-6-15(11)21-17)9-22(16)18(23)13(14)10-26-19(20)24;1-9(2)5-6-11-14(19-4)8-13(18)15-12(17)7-10(3)20-16(11)15/h3-8,25H,2,9-10H2,1H3;5,7-8,18H,6H2,1-4H3. The molecule has 0 amide bonds. The highest BCUT2D eigenvalue weighted by molar-refractivity contribution is 5.88. The van der Waals surface area contributed by atoms with Gasteiger partial charge in [0.2, 0.25) is 0 Å². The lowest BCUT2D eigenvalue weighted by Crippen LogP contribution is -2.44. The predicted octanol–water partition coefficient (Wildman–Crippen LogP) is 5.40.